The highest BCUT2D eigenvalue weighted by Crippen LogP contribution is 2.33. The van der Waals surface area contributed by atoms with E-state index in [9.17, 15) is 39.0 Å². The van der Waals surface area contributed by atoms with Crippen LogP contribution in [0.1, 0.15) is 29.4 Å². The lowest BCUT2D eigenvalue weighted by molar-refractivity contribution is -0.149. The minimum atomic E-state index is -1.50. The zero-order valence-electron chi connectivity index (χ0n) is 31.4. The van der Waals surface area contributed by atoms with Crippen LogP contribution in [0.5, 0.6) is 0 Å². The molecule has 2 aromatic heterocycles. The van der Waals surface area contributed by atoms with Gasteiger partial charge in [-0.25, -0.2) is 14.2 Å². The number of carbonyl (C=O) groups excluding carboxylic acids is 4. The van der Waals surface area contributed by atoms with E-state index in [-0.39, 0.29) is 53.6 Å². The maximum atomic E-state index is 14.3. The highest BCUT2D eigenvalue weighted by atomic mass is 35.5. The number of tetrazole rings is 1. The monoisotopic (exact) mass is 824 g/mol. The number of nitrogens with zero attached hydrogens (tertiary/aromatic N) is 8. The van der Waals surface area contributed by atoms with Gasteiger partial charge in [0.05, 0.1) is 23.5 Å². The van der Waals surface area contributed by atoms with Crippen molar-refractivity contribution >= 4 is 75.3 Å². The fourth-order valence-electron chi connectivity index (χ4n) is 8.06. The minimum absolute atomic E-state index is 0.0225. The molecule has 3 aliphatic rings. The number of aromatic carboxylic acids is 1. The molecule has 0 bridgehead atoms. The zero-order chi connectivity index (χ0) is 41.6. The Hall–Kier alpha value is -6.70. The maximum Gasteiger partial charge on any atom is 0.416 e. The highest BCUT2D eigenvalue weighted by molar-refractivity contribution is 6.41. The van der Waals surface area contributed by atoms with Gasteiger partial charge in [0.15, 0.2) is 0 Å². The first-order valence-corrected chi connectivity index (χ1v) is 19.0. The van der Waals surface area contributed by atoms with Crippen molar-refractivity contribution in [2.24, 2.45) is 5.92 Å². The zero-order valence-corrected chi connectivity index (χ0v) is 32.2. The Morgan fingerprint density at radius 3 is 2.46 bits per heavy atom. The summed E-state index contributed by atoms with van der Waals surface area (Å²) in [5, 5.41) is 37.2. The lowest BCUT2D eigenvalue weighted by Gasteiger charge is -2.43. The average Bonchev–Trinajstić information content (AvgIpc) is 4.02. The van der Waals surface area contributed by atoms with E-state index in [4.69, 9.17) is 16.3 Å². The Bertz CT molecular complexity index is 2500. The number of rotatable bonds is 10. The molecule has 3 saturated heterocycles. The van der Waals surface area contributed by atoms with Crippen LogP contribution < -0.4 is 20.4 Å². The SMILES string of the molecule is CC1(C2CCOC2)NCCN(c2ccc(CC(C(=O)Nc3ccc4c(c3)cc(C(=O)O)n4C(=O)O)N3CCN(c4cc(Cl)ccc4-n4cnnn4)C(=O)C3=O)cc2)C1=O. The van der Waals surface area contributed by atoms with E-state index in [0.29, 0.717) is 52.8 Å². The summed E-state index contributed by atoms with van der Waals surface area (Å²) in [5.74, 6) is -4.05. The molecule has 59 heavy (non-hydrogen) atoms. The molecular formula is C39H37ClN10O9. The molecule has 4 N–H and O–H groups in total. The van der Waals surface area contributed by atoms with E-state index in [0.717, 1.165) is 6.42 Å². The summed E-state index contributed by atoms with van der Waals surface area (Å²) in [4.78, 5) is 84.1. The van der Waals surface area contributed by atoms with E-state index in [1.54, 1.807) is 41.3 Å². The van der Waals surface area contributed by atoms with Crippen molar-refractivity contribution in [3.8, 4) is 5.69 Å². The molecule has 20 heteroatoms. The normalized spacial score (nSPS) is 20.3. The van der Waals surface area contributed by atoms with Crippen LogP contribution >= 0.6 is 11.6 Å². The van der Waals surface area contributed by atoms with Crippen LogP contribution in [0.25, 0.3) is 16.6 Å². The average molecular weight is 825 g/mol. The van der Waals surface area contributed by atoms with Gasteiger partial charge in [0.25, 0.3) is 0 Å². The molecule has 19 nitrogen and oxygen atoms in total. The lowest BCUT2D eigenvalue weighted by atomic mass is 9.82. The second-order valence-corrected chi connectivity index (χ2v) is 15.0. The Morgan fingerprint density at radius 1 is 0.966 bits per heavy atom. The van der Waals surface area contributed by atoms with E-state index in [2.05, 4.69) is 26.2 Å². The van der Waals surface area contributed by atoms with Crippen molar-refractivity contribution in [3.05, 3.63) is 89.3 Å². The number of anilines is 3. The summed E-state index contributed by atoms with van der Waals surface area (Å²) in [6, 6.07) is 15.9. The molecule has 8 rings (SSSR count). The molecule has 0 aliphatic carbocycles. The number of nitrogens with one attached hydrogen (secondary N) is 2. The predicted molar refractivity (Wildman–Crippen MR) is 211 cm³/mol. The molecule has 304 valence electrons. The number of piperazine rings is 2. The number of aromatic nitrogens is 5. The van der Waals surface area contributed by atoms with Crippen LogP contribution in [0.15, 0.2) is 73.1 Å². The van der Waals surface area contributed by atoms with Crippen LogP contribution in [0.3, 0.4) is 0 Å². The quantitative estimate of drug-likeness (QED) is 0.149. The number of hydrogen-bond acceptors (Lipinski definition) is 11. The largest absolute Gasteiger partial charge is 0.477 e. The molecule has 5 heterocycles. The minimum Gasteiger partial charge on any atom is -0.477 e. The Labute approximate surface area is 340 Å². The first-order valence-electron chi connectivity index (χ1n) is 18.7. The number of hydrogen-bond donors (Lipinski definition) is 4. The number of carbonyl (C=O) groups is 6. The number of fused-ring (bicyclic) bond motifs is 1. The van der Waals surface area contributed by atoms with Crippen LogP contribution in [-0.4, -0.2) is 127 Å². The third-order valence-electron chi connectivity index (χ3n) is 11.2. The van der Waals surface area contributed by atoms with Crippen LogP contribution in [0.2, 0.25) is 5.02 Å². The van der Waals surface area contributed by atoms with E-state index >= 15 is 0 Å². The highest BCUT2D eigenvalue weighted by Gasteiger charge is 2.47. The van der Waals surface area contributed by atoms with Gasteiger partial charge < -0.3 is 40.3 Å². The third kappa shape index (κ3) is 7.23. The first-order chi connectivity index (χ1) is 28.3. The summed E-state index contributed by atoms with van der Waals surface area (Å²) in [6.07, 6.45) is 0.570. The van der Waals surface area contributed by atoms with E-state index in [1.165, 1.54) is 51.1 Å². The van der Waals surface area contributed by atoms with Gasteiger partial charge in [-0.2, -0.15) is 4.68 Å². The van der Waals surface area contributed by atoms with Crippen molar-refractivity contribution in [1.29, 1.82) is 0 Å². The van der Waals surface area contributed by atoms with Crippen molar-refractivity contribution in [2.75, 3.05) is 54.5 Å². The Balaban J connectivity index is 1.08. The number of amides is 4. The standard InChI is InChI=1S/C39H37ClN10O9/c1-39(24-10-15-59-20-24)37(56)46(12-11-41-39)27-6-2-22(3-7-27)16-31(33(51)43-26-5-9-28-23(17-26)18-32(36(54)55)50(28)38(57)58)48-14-13-47(34(52)35(48)53)30-19-25(40)4-8-29(30)49-21-42-44-45-49/h2-9,17-19,21,24,31,41H,10-16,20H2,1H3,(H,43,51)(H,54,55)(H,57,58). The van der Waals surface area contributed by atoms with Crippen LogP contribution in [-0.2, 0) is 30.3 Å². The Kier molecular flexibility index (Phi) is 10.3. The summed E-state index contributed by atoms with van der Waals surface area (Å²) >= 11 is 6.32. The van der Waals surface area contributed by atoms with E-state index in [1.807, 2.05) is 6.92 Å². The van der Waals surface area contributed by atoms with Crippen molar-refractivity contribution in [2.45, 2.75) is 31.3 Å². The van der Waals surface area contributed by atoms with Gasteiger partial charge in [-0.1, -0.05) is 23.7 Å². The van der Waals surface area contributed by atoms with Crippen molar-refractivity contribution in [3.63, 3.8) is 0 Å². The van der Waals surface area contributed by atoms with Gasteiger partial charge in [0, 0.05) is 66.9 Å². The Morgan fingerprint density at radius 2 is 1.76 bits per heavy atom. The summed E-state index contributed by atoms with van der Waals surface area (Å²) in [7, 11) is 0. The molecule has 0 radical (unpaired) electrons. The molecule has 3 atom stereocenters. The summed E-state index contributed by atoms with van der Waals surface area (Å²) in [5.41, 5.74) is 0.957. The van der Waals surface area contributed by atoms with Gasteiger partial charge in [0.1, 0.15) is 23.6 Å². The van der Waals surface area contributed by atoms with Gasteiger partial charge in [-0.3, -0.25) is 19.2 Å². The first kappa shape index (κ1) is 39.1. The number of carboxylic acids is 1. The van der Waals surface area contributed by atoms with Crippen molar-refractivity contribution in [1.82, 2.24) is 35.0 Å². The molecule has 0 spiro atoms. The molecule has 0 saturated carbocycles. The topological polar surface area (TPSA) is 234 Å². The van der Waals surface area contributed by atoms with Gasteiger partial charge in [-0.15, -0.1) is 5.10 Å². The van der Waals surface area contributed by atoms with E-state index < -0.39 is 47.1 Å². The number of carboxylic acid groups (broad SMARTS) is 2. The molecule has 4 amide bonds. The van der Waals surface area contributed by atoms with Crippen molar-refractivity contribution < 1.29 is 43.7 Å². The lowest BCUT2D eigenvalue weighted by Crippen LogP contribution is -2.66. The second-order valence-electron chi connectivity index (χ2n) is 14.6. The smallest absolute Gasteiger partial charge is 0.416 e. The predicted octanol–water partition coefficient (Wildman–Crippen LogP) is 2.65. The van der Waals surface area contributed by atoms with Gasteiger partial charge in [-0.05, 0) is 83.9 Å². The second kappa shape index (κ2) is 15.6. The van der Waals surface area contributed by atoms with Gasteiger partial charge >= 0.3 is 23.9 Å². The number of halogens is 1. The number of ether oxygens (including phenoxy) is 1. The molecular weight excluding hydrogens is 788 g/mol. The maximum absolute atomic E-state index is 14.3. The molecule has 3 aliphatic heterocycles. The number of benzene rings is 3. The summed E-state index contributed by atoms with van der Waals surface area (Å²) < 4.78 is 7.54. The third-order valence-corrected chi connectivity index (χ3v) is 11.4. The molecule has 3 fully saturated rings. The fraction of sp³-hybridized carbons (Fsp3) is 0.308. The molecule has 3 unspecified atom stereocenters. The molecule has 3 aromatic carbocycles. The van der Waals surface area contributed by atoms with Crippen LogP contribution in [0, 0.1) is 5.92 Å². The molecule has 5 aromatic rings. The summed E-state index contributed by atoms with van der Waals surface area (Å²) in [6.45, 7) is 3.94. The fourth-order valence-corrected chi connectivity index (χ4v) is 8.22. The van der Waals surface area contributed by atoms with Gasteiger partial charge in [0.2, 0.25) is 11.8 Å². The van der Waals surface area contributed by atoms with Crippen LogP contribution in [0.4, 0.5) is 21.9 Å².